The summed E-state index contributed by atoms with van der Waals surface area (Å²) in [4.78, 5) is 4.48. The second kappa shape index (κ2) is 5.38. The van der Waals surface area contributed by atoms with E-state index in [4.69, 9.17) is 11.6 Å². The van der Waals surface area contributed by atoms with Crippen LogP contribution in [-0.4, -0.2) is 11.0 Å². The van der Waals surface area contributed by atoms with Gasteiger partial charge in [0.2, 0.25) is 0 Å². The Labute approximate surface area is 119 Å². The maximum absolute atomic E-state index is 6.23. The Morgan fingerprint density at radius 3 is 3.00 bits per heavy atom. The van der Waals surface area contributed by atoms with Crippen LogP contribution in [0.1, 0.15) is 32.6 Å². The molecule has 0 saturated heterocycles. The molecule has 19 heavy (non-hydrogen) atoms. The first-order valence-electron chi connectivity index (χ1n) is 7.04. The highest BCUT2D eigenvalue weighted by atomic mass is 35.5. The third-order valence-corrected chi connectivity index (χ3v) is 4.34. The average molecular weight is 275 g/mol. The Bertz CT molecular complexity index is 582. The lowest BCUT2D eigenvalue weighted by Gasteiger charge is -2.28. The van der Waals surface area contributed by atoms with E-state index in [1.807, 2.05) is 24.4 Å². The number of nitrogens with one attached hydrogen (secondary N) is 1. The van der Waals surface area contributed by atoms with Crippen molar-refractivity contribution in [2.45, 2.75) is 38.6 Å². The molecule has 1 fully saturated rings. The summed E-state index contributed by atoms with van der Waals surface area (Å²) in [5.41, 5.74) is 2.09. The first-order chi connectivity index (χ1) is 9.24. The predicted molar refractivity (Wildman–Crippen MR) is 81.8 cm³/mol. The minimum atomic E-state index is 0.565. The highest BCUT2D eigenvalue weighted by Gasteiger charge is 2.19. The molecule has 0 bridgehead atoms. The van der Waals surface area contributed by atoms with Crippen molar-refractivity contribution in [3.8, 4) is 0 Å². The Balaban J connectivity index is 1.90. The van der Waals surface area contributed by atoms with E-state index in [1.165, 1.54) is 25.7 Å². The quantitative estimate of drug-likeness (QED) is 0.844. The molecule has 0 spiro atoms. The van der Waals surface area contributed by atoms with Gasteiger partial charge in [-0.15, -0.1) is 0 Å². The first kappa shape index (κ1) is 12.7. The molecule has 2 aromatic rings. The molecule has 0 radical (unpaired) electrons. The summed E-state index contributed by atoms with van der Waals surface area (Å²) in [5.74, 6) is 0.817. The van der Waals surface area contributed by atoms with Gasteiger partial charge in [-0.05, 0) is 43.0 Å². The predicted octanol–water partition coefficient (Wildman–Crippen LogP) is 4.88. The number of anilines is 1. The lowest BCUT2D eigenvalue weighted by molar-refractivity contribution is 0.359. The number of halogens is 1. The molecular formula is C16H19ClN2. The zero-order valence-corrected chi connectivity index (χ0v) is 12.0. The van der Waals surface area contributed by atoms with Crippen molar-refractivity contribution in [3.63, 3.8) is 0 Å². The number of rotatable bonds is 2. The third-order valence-electron chi connectivity index (χ3n) is 4.01. The molecular weight excluding hydrogens is 256 g/mol. The summed E-state index contributed by atoms with van der Waals surface area (Å²) < 4.78 is 0. The van der Waals surface area contributed by atoms with Gasteiger partial charge in [0.1, 0.15) is 0 Å². The van der Waals surface area contributed by atoms with Crippen LogP contribution in [0.15, 0.2) is 30.5 Å². The van der Waals surface area contributed by atoms with Gasteiger partial charge in [0.25, 0.3) is 0 Å². The van der Waals surface area contributed by atoms with Crippen LogP contribution >= 0.6 is 11.6 Å². The van der Waals surface area contributed by atoms with Crippen molar-refractivity contribution >= 4 is 28.2 Å². The zero-order chi connectivity index (χ0) is 13.2. The van der Waals surface area contributed by atoms with Crippen molar-refractivity contribution in [3.05, 3.63) is 35.5 Å². The van der Waals surface area contributed by atoms with Crippen LogP contribution in [0.4, 0.5) is 5.69 Å². The lowest BCUT2D eigenvalue weighted by Crippen LogP contribution is -2.26. The smallest absolute Gasteiger partial charge is 0.0948 e. The van der Waals surface area contributed by atoms with Crippen LogP contribution in [-0.2, 0) is 0 Å². The van der Waals surface area contributed by atoms with Crippen LogP contribution in [0.5, 0.6) is 0 Å². The molecule has 1 aliphatic rings. The second-order valence-corrected chi connectivity index (χ2v) is 6.01. The van der Waals surface area contributed by atoms with E-state index in [0.29, 0.717) is 6.04 Å². The molecule has 0 aliphatic heterocycles. The summed E-state index contributed by atoms with van der Waals surface area (Å²) in [6.45, 7) is 2.34. The molecule has 1 saturated carbocycles. The standard InChI is InChI=1S/C16H19ClN2/c1-11-4-2-5-12(10-11)19-15-8-7-14(17)13-6-3-9-18-16(13)15/h3,6-9,11-12,19H,2,4-5,10H2,1H3. The molecule has 1 aliphatic carbocycles. The molecule has 1 N–H and O–H groups in total. The van der Waals surface area contributed by atoms with Crippen LogP contribution in [0.25, 0.3) is 10.9 Å². The van der Waals surface area contributed by atoms with Crippen LogP contribution < -0.4 is 5.32 Å². The summed E-state index contributed by atoms with van der Waals surface area (Å²) in [6.07, 6.45) is 7.00. The SMILES string of the molecule is CC1CCCC(Nc2ccc(Cl)c3cccnc23)C1. The number of pyridine rings is 1. The van der Waals surface area contributed by atoms with E-state index in [9.17, 15) is 0 Å². The molecule has 1 aromatic carbocycles. The molecule has 0 amide bonds. The van der Waals surface area contributed by atoms with E-state index >= 15 is 0 Å². The summed E-state index contributed by atoms with van der Waals surface area (Å²) in [7, 11) is 0. The van der Waals surface area contributed by atoms with Gasteiger partial charge in [-0.1, -0.05) is 31.4 Å². The van der Waals surface area contributed by atoms with Gasteiger partial charge in [0, 0.05) is 17.6 Å². The van der Waals surface area contributed by atoms with Gasteiger partial charge < -0.3 is 5.32 Å². The first-order valence-corrected chi connectivity index (χ1v) is 7.41. The van der Waals surface area contributed by atoms with Gasteiger partial charge in [0.15, 0.2) is 0 Å². The van der Waals surface area contributed by atoms with Crippen molar-refractivity contribution in [2.75, 3.05) is 5.32 Å². The fourth-order valence-corrected chi connectivity index (χ4v) is 3.25. The number of benzene rings is 1. The van der Waals surface area contributed by atoms with Crippen LogP contribution in [0, 0.1) is 5.92 Å². The third kappa shape index (κ3) is 2.69. The van der Waals surface area contributed by atoms with Crippen molar-refractivity contribution in [1.29, 1.82) is 0 Å². The maximum Gasteiger partial charge on any atom is 0.0948 e. The Morgan fingerprint density at radius 1 is 1.26 bits per heavy atom. The monoisotopic (exact) mass is 274 g/mol. The molecule has 2 unspecified atom stereocenters. The van der Waals surface area contributed by atoms with Crippen molar-refractivity contribution in [2.24, 2.45) is 5.92 Å². The van der Waals surface area contributed by atoms with E-state index in [1.54, 1.807) is 0 Å². The maximum atomic E-state index is 6.23. The van der Waals surface area contributed by atoms with Gasteiger partial charge in [-0.3, -0.25) is 4.98 Å². The molecule has 2 nitrogen and oxygen atoms in total. The van der Waals surface area contributed by atoms with E-state index in [0.717, 1.165) is 27.5 Å². The summed E-state index contributed by atoms with van der Waals surface area (Å²) >= 11 is 6.23. The molecule has 1 aromatic heterocycles. The molecule has 3 rings (SSSR count). The average Bonchev–Trinajstić information content (AvgIpc) is 2.42. The number of aromatic nitrogens is 1. The van der Waals surface area contributed by atoms with Crippen molar-refractivity contribution < 1.29 is 0 Å². The molecule has 1 heterocycles. The second-order valence-electron chi connectivity index (χ2n) is 5.61. The normalized spacial score (nSPS) is 23.5. The Hall–Kier alpha value is -1.28. The topological polar surface area (TPSA) is 24.9 Å². The molecule has 100 valence electrons. The lowest BCUT2D eigenvalue weighted by atomic mass is 9.87. The van der Waals surface area contributed by atoms with Crippen LogP contribution in [0.3, 0.4) is 0 Å². The molecule has 2 atom stereocenters. The van der Waals surface area contributed by atoms with Crippen LogP contribution in [0.2, 0.25) is 5.02 Å². The van der Waals surface area contributed by atoms with E-state index in [-0.39, 0.29) is 0 Å². The zero-order valence-electron chi connectivity index (χ0n) is 11.2. The highest BCUT2D eigenvalue weighted by Crippen LogP contribution is 2.31. The minimum absolute atomic E-state index is 0.565. The Kier molecular flexibility index (Phi) is 3.61. The van der Waals surface area contributed by atoms with Gasteiger partial charge in [-0.25, -0.2) is 0 Å². The molecule has 3 heteroatoms. The fraction of sp³-hybridized carbons (Fsp3) is 0.438. The Morgan fingerprint density at radius 2 is 2.16 bits per heavy atom. The largest absolute Gasteiger partial charge is 0.381 e. The fourth-order valence-electron chi connectivity index (χ4n) is 3.04. The number of hydrogen-bond donors (Lipinski definition) is 1. The van der Waals surface area contributed by atoms with Gasteiger partial charge in [-0.2, -0.15) is 0 Å². The van der Waals surface area contributed by atoms with Gasteiger partial charge >= 0.3 is 0 Å². The van der Waals surface area contributed by atoms with Gasteiger partial charge in [0.05, 0.1) is 16.2 Å². The highest BCUT2D eigenvalue weighted by molar-refractivity contribution is 6.35. The summed E-state index contributed by atoms with van der Waals surface area (Å²) in [6, 6.07) is 8.53. The summed E-state index contributed by atoms with van der Waals surface area (Å²) in [5, 5.41) is 5.46. The minimum Gasteiger partial charge on any atom is -0.381 e. The van der Waals surface area contributed by atoms with E-state index in [2.05, 4.69) is 23.3 Å². The number of hydrogen-bond acceptors (Lipinski definition) is 2. The number of fused-ring (bicyclic) bond motifs is 1. The number of nitrogens with zero attached hydrogens (tertiary/aromatic N) is 1. The van der Waals surface area contributed by atoms with Crippen molar-refractivity contribution in [1.82, 2.24) is 4.98 Å². The van der Waals surface area contributed by atoms with E-state index < -0.39 is 0 Å².